The van der Waals surface area contributed by atoms with Gasteiger partial charge in [0.05, 0.1) is 71.7 Å². The zero-order valence-corrected chi connectivity index (χ0v) is 69.8. The van der Waals surface area contributed by atoms with Crippen LogP contribution >= 0.6 is 0 Å². The van der Waals surface area contributed by atoms with Gasteiger partial charge >= 0.3 is 0 Å². The van der Waals surface area contributed by atoms with E-state index in [1.165, 1.54) is 20.8 Å². The highest BCUT2D eigenvalue weighted by molar-refractivity contribution is 5.95. The number of anilines is 1. The van der Waals surface area contributed by atoms with Gasteiger partial charge in [0.2, 0.25) is 65.0 Å². The summed E-state index contributed by atoms with van der Waals surface area (Å²) >= 11 is 0. The Labute approximate surface area is 709 Å². The summed E-state index contributed by atoms with van der Waals surface area (Å²) < 4.78 is 52.3. The second-order valence-electron chi connectivity index (χ2n) is 30.3. The third-order valence-electron chi connectivity index (χ3n) is 20.2. The average Bonchev–Trinajstić information content (AvgIpc) is 0.818. The van der Waals surface area contributed by atoms with Gasteiger partial charge in [-0.15, -0.1) is 0 Å². The van der Waals surface area contributed by atoms with Crippen molar-refractivity contribution in [2.24, 2.45) is 0 Å². The second-order valence-corrected chi connectivity index (χ2v) is 30.3. The first-order valence-corrected chi connectivity index (χ1v) is 41.8. The number of ether oxygens (including phenoxy) is 9. The summed E-state index contributed by atoms with van der Waals surface area (Å²) in [5.41, 5.74) is 1.50. The molecule has 6 rings (SSSR count). The number of para-hydroxylation sites is 1. The van der Waals surface area contributed by atoms with Crippen LogP contribution in [0.15, 0.2) is 48.5 Å². The van der Waals surface area contributed by atoms with Crippen LogP contribution in [0.25, 0.3) is 0 Å². The molecule has 684 valence electrons. The van der Waals surface area contributed by atoms with Crippen LogP contribution in [0.5, 0.6) is 0 Å². The van der Waals surface area contributed by atoms with Crippen LogP contribution < -0.4 is 58.1 Å². The molecular weight excluding hydrogens is 1600 g/mol. The fourth-order valence-electron chi connectivity index (χ4n) is 13.6. The summed E-state index contributed by atoms with van der Waals surface area (Å²) in [5, 5.41) is 119. The lowest BCUT2D eigenvalue weighted by Gasteiger charge is -2.42. The SMILES string of the molecule is CC(=O)N[C@H]1[C@H](OCCCCC(=O)NCCCNC(=O)CCOCC(COCCC(=O)NCCCNC(=O)CCCCO[C@@H]2O[C@H](CO)[C@H](O)[C@H](O)[C@H]2NC(C)=O)(COCCC(=O)NCCCNC(=O)CCCCO[C@@H]2O[C@H](CO)[C@H](O)[C@H](O)[C@H]2NC(C)=O)NC(=O)CCCCC(=O)N2Cc3ccccc3C#Cc3ccccc32)O[C@H](CO)[C@H](O)[C@@H]1O. The Hall–Kier alpha value is -8.55. The summed E-state index contributed by atoms with van der Waals surface area (Å²) in [6, 6.07) is 11.6. The van der Waals surface area contributed by atoms with Crippen LogP contribution in [0.3, 0.4) is 0 Å². The number of hydrogen-bond donors (Lipinski definition) is 19. The molecule has 0 aliphatic carbocycles. The van der Waals surface area contributed by atoms with E-state index in [0.29, 0.717) is 75.5 Å². The number of rotatable bonds is 57. The van der Waals surface area contributed by atoms with Gasteiger partial charge in [0.15, 0.2) is 18.9 Å². The zero-order valence-electron chi connectivity index (χ0n) is 69.8. The zero-order chi connectivity index (χ0) is 88.8. The monoisotopic (exact) mass is 1730 g/mol. The summed E-state index contributed by atoms with van der Waals surface area (Å²) in [7, 11) is 0. The van der Waals surface area contributed by atoms with Gasteiger partial charge in [-0.1, -0.05) is 42.2 Å². The fraction of sp³-hybridized carbons (Fsp3) is 0.695. The molecule has 4 heterocycles. The molecule has 0 spiro atoms. The largest absolute Gasteiger partial charge is 0.394 e. The molecule has 0 unspecified atom stereocenters. The minimum absolute atomic E-state index is 0.0671. The Balaban J connectivity index is 1.01. The van der Waals surface area contributed by atoms with Gasteiger partial charge in [-0.3, -0.25) is 52.7 Å². The number of carbonyl (C=O) groups is 11. The van der Waals surface area contributed by atoms with Crippen molar-refractivity contribution in [3.63, 3.8) is 0 Å². The van der Waals surface area contributed by atoms with E-state index in [2.05, 4.69) is 65.0 Å². The molecular formula is C82H127N11O29. The number of nitrogens with one attached hydrogen (secondary N) is 10. The first-order valence-electron chi connectivity index (χ1n) is 41.8. The van der Waals surface area contributed by atoms with Crippen LogP contribution in [0.4, 0.5) is 5.69 Å². The van der Waals surface area contributed by atoms with Crippen LogP contribution in [-0.2, 0) is 102 Å². The number of hydrogen-bond acceptors (Lipinski definition) is 29. The number of aliphatic hydroxyl groups excluding tert-OH is 9. The van der Waals surface area contributed by atoms with E-state index in [1.807, 2.05) is 48.5 Å². The topological polar surface area (TPSA) is 576 Å². The Morgan fingerprint density at radius 1 is 0.385 bits per heavy atom. The Kier molecular flexibility index (Phi) is 47.2. The fourth-order valence-corrected chi connectivity index (χ4v) is 13.6. The van der Waals surface area contributed by atoms with Crippen molar-refractivity contribution >= 4 is 70.7 Å². The van der Waals surface area contributed by atoms with E-state index in [4.69, 9.17) is 42.6 Å². The molecule has 0 saturated carbocycles. The van der Waals surface area contributed by atoms with Crippen LogP contribution in [0, 0.1) is 11.8 Å². The van der Waals surface area contributed by atoms with Gasteiger partial charge in [-0.25, -0.2) is 0 Å². The summed E-state index contributed by atoms with van der Waals surface area (Å²) in [6.07, 6.45) is -11.8. The van der Waals surface area contributed by atoms with Crippen molar-refractivity contribution < 1.29 is 141 Å². The highest BCUT2D eigenvalue weighted by Crippen LogP contribution is 2.29. The average molecular weight is 1730 g/mol. The summed E-state index contributed by atoms with van der Waals surface area (Å²) in [5.74, 6) is 2.27. The molecule has 2 aromatic carbocycles. The predicted octanol–water partition coefficient (Wildman–Crippen LogP) is -4.17. The van der Waals surface area contributed by atoms with Crippen molar-refractivity contribution in [3.05, 3.63) is 65.2 Å². The number of unbranched alkanes of at least 4 members (excludes halogenated alkanes) is 4. The molecule has 0 bridgehead atoms. The normalized spacial score (nSPS) is 23.0. The molecule has 3 saturated heterocycles. The minimum atomic E-state index is -1.52. The van der Waals surface area contributed by atoms with Gasteiger partial charge < -0.3 is 147 Å². The van der Waals surface area contributed by atoms with Gasteiger partial charge in [0, 0.05) is 142 Å². The number of carbonyl (C=O) groups excluding carboxylic acids is 11. The highest BCUT2D eigenvalue weighted by atomic mass is 16.7. The maximum atomic E-state index is 14.3. The Morgan fingerprint density at radius 3 is 1.06 bits per heavy atom. The van der Waals surface area contributed by atoms with Crippen molar-refractivity contribution in [2.45, 2.75) is 247 Å². The Morgan fingerprint density at radius 2 is 0.697 bits per heavy atom. The number of fused-ring (bicyclic) bond motifs is 2. The molecule has 2 aromatic rings. The van der Waals surface area contributed by atoms with Crippen molar-refractivity contribution in [1.82, 2.24) is 53.2 Å². The van der Waals surface area contributed by atoms with Crippen molar-refractivity contribution in [2.75, 3.05) is 123 Å². The molecule has 40 heteroatoms. The van der Waals surface area contributed by atoms with Crippen molar-refractivity contribution in [1.29, 1.82) is 0 Å². The number of amides is 11. The maximum Gasteiger partial charge on any atom is 0.227 e. The molecule has 15 atom stereocenters. The van der Waals surface area contributed by atoms with Crippen LogP contribution in [0.1, 0.15) is 159 Å². The first kappa shape index (κ1) is 102. The first-order chi connectivity index (χ1) is 58.7. The molecule has 4 aliphatic heterocycles. The number of benzene rings is 2. The van der Waals surface area contributed by atoms with E-state index >= 15 is 0 Å². The molecule has 4 aliphatic rings. The van der Waals surface area contributed by atoms with E-state index in [0.717, 1.165) is 11.1 Å². The molecule has 19 N–H and O–H groups in total. The van der Waals surface area contributed by atoms with Gasteiger partial charge in [-0.05, 0) is 94.4 Å². The third-order valence-corrected chi connectivity index (χ3v) is 20.2. The van der Waals surface area contributed by atoms with Gasteiger partial charge in [-0.2, -0.15) is 0 Å². The van der Waals surface area contributed by atoms with Gasteiger partial charge in [0.25, 0.3) is 0 Å². The molecule has 40 nitrogen and oxygen atoms in total. The smallest absolute Gasteiger partial charge is 0.227 e. The van der Waals surface area contributed by atoms with Crippen LogP contribution in [-0.4, -0.2) is 327 Å². The molecule has 0 aromatic heterocycles. The number of nitrogens with zero attached hydrogens (tertiary/aromatic N) is 1. The number of aliphatic hydroxyl groups is 9. The van der Waals surface area contributed by atoms with E-state index in [1.54, 1.807) is 4.90 Å². The summed E-state index contributed by atoms with van der Waals surface area (Å²) in [6.45, 7) is 2.15. The van der Waals surface area contributed by atoms with Crippen LogP contribution in [0.2, 0.25) is 0 Å². The quantitative estimate of drug-likeness (QED) is 0.0221. The molecule has 0 radical (unpaired) electrons. The highest BCUT2D eigenvalue weighted by Gasteiger charge is 2.48. The maximum absolute atomic E-state index is 14.3. The minimum Gasteiger partial charge on any atom is -0.394 e. The lowest BCUT2D eigenvalue weighted by atomic mass is 9.97. The summed E-state index contributed by atoms with van der Waals surface area (Å²) in [4.78, 5) is 143. The third kappa shape index (κ3) is 36.7. The molecule has 3 fully saturated rings. The molecule has 122 heavy (non-hydrogen) atoms. The lowest BCUT2D eigenvalue weighted by molar-refractivity contribution is -0.270. The lowest BCUT2D eigenvalue weighted by Crippen LogP contribution is -2.64. The second kappa shape index (κ2) is 56.3. The van der Waals surface area contributed by atoms with E-state index < -0.39 is 159 Å². The Bertz CT molecular complexity index is 3410. The van der Waals surface area contributed by atoms with Gasteiger partial charge in [0.1, 0.15) is 78.6 Å². The standard InChI is InChI=1S/C82H127N11O29/c1-52(97)89-70-76(111)73(108)59(46-94)120-79(70)117-39-13-10-23-62(100)83-33-16-36-86-65(103)30-42-114-49-82(92-68(106)26-8-9-27-69(107)93-45-57-21-5-4-19-55(57)28-29-56-20-6-7-22-58(56)93,50-115-43-31-66(104)87-37-17-34-84-63(101)24-11-14-40-118-80-71(90-53(2)98)77(112)74(109)60(47-95)121-80)51-116-44-32-67(105)88-38-18-35-85-64(102)25-12-15-41-119-81-72(91-54(3)99)78(113)75(110)61(48-96)122-81/h4-7,19-22,59-61,70-81,94-96,108-113H,8-18,23-27,30-51H2,1-3H3,(H,83,100)(H,84,101)(H,85,102)(H,86,103)(H,87,104)(H,88,105)(H,89,97)(H,90,98)(H,91,99)(H,92,106)/t59-,60-,61-,70-,71-,72-,73+,74+,75+,76-,77-,78-,79-,80-,81-/m1/s1. The molecule has 11 amide bonds. The van der Waals surface area contributed by atoms with Crippen molar-refractivity contribution in [3.8, 4) is 11.8 Å². The predicted molar refractivity (Wildman–Crippen MR) is 433 cm³/mol. The van der Waals surface area contributed by atoms with E-state index in [9.17, 15) is 98.7 Å². The van der Waals surface area contributed by atoms with E-state index in [-0.39, 0.29) is 187 Å².